The van der Waals surface area contributed by atoms with Gasteiger partial charge in [0.1, 0.15) is 6.33 Å². The van der Waals surface area contributed by atoms with Gasteiger partial charge in [-0.2, -0.15) is 5.10 Å². The SMILES string of the molecule is Cc1cnnc2ncn(C(C)(C)C)c(=O)c12. The van der Waals surface area contributed by atoms with E-state index >= 15 is 0 Å². The molecule has 0 aliphatic carbocycles. The fourth-order valence-corrected chi connectivity index (χ4v) is 1.58. The molecule has 0 atom stereocenters. The number of aromatic nitrogens is 4. The van der Waals surface area contributed by atoms with E-state index in [1.165, 1.54) is 6.33 Å². The van der Waals surface area contributed by atoms with E-state index < -0.39 is 0 Å². The molecule has 2 heterocycles. The Kier molecular flexibility index (Phi) is 2.26. The minimum atomic E-state index is -0.284. The molecule has 0 spiro atoms. The molecule has 2 aromatic rings. The van der Waals surface area contributed by atoms with Crippen LogP contribution in [0, 0.1) is 6.92 Å². The number of fused-ring (bicyclic) bond motifs is 1. The van der Waals surface area contributed by atoms with Crippen molar-refractivity contribution < 1.29 is 0 Å². The van der Waals surface area contributed by atoms with E-state index in [1.807, 2.05) is 27.7 Å². The first kappa shape index (κ1) is 10.7. The second kappa shape index (κ2) is 3.37. The van der Waals surface area contributed by atoms with Crippen LogP contribution in [-0.2, 0) is 5.54 Å². The van der Waals surface area contributed by atoms with Crippen LogP contribution in [0.25, 0.3) is 11.0 Å². The molecule has 0 saturated carbocycles. The summed E-state index contributed by atoms with van der Waals surface area (Å²) in [5.74, 6) is 0. The highest BCUT2D eigenvalue weighted by molar-refractivity contribution is 5.76. The second-order valence-corrected chi connectivity index (χ2v) is 4.82. The van der Waals surface area contributed by atoms with Crippen LogP contribution in [0.5, 0.6) is 0 Å². The highest BCUT2D eigenvalue weighted by atomic mass is 16.1. The van der Waals surface area contributed by atoms with Crippen molar-refractivity contribution in [2.24, 2.45) is 0 Å². The van der Waals surface area contributed by atoms with Gasteiger partial charge in [-0.15, -0.1) is 5.10 Å². The number of nitrogens with zero attached hydrogens (tertiary/aromatic N) is 4. The van der Waals surface area contributed by atoms with E-state index in [9.17, 15) is 4.79 Å². The lowest BCUT2D eigenvalue weighted by Gasteiger charge is -2.21. The zero-order valence-corrected chi connectivity index (χ0v) is 9.85. The predicted molar refractivity (Wildman–Crippen MR) is 61.3 cm³/mol. The second-order valence-electron chi connectivity index (χ2n) is 4.82. The highest BCUT2D eigenvalue weighted by Gasteiger charge is 2.17. The maximum Gasteiger partial charge on any atom is 0.263 e. The van der Waals surface area contributed by atoms with E-state index in [2.05, 4.69) is 15.2 Å². The van der Waals surface area contributed by atoms with Crippen molar-refractivity contribution in [1.29, 1.82) is 0 Å². The molecule has 2 rings (SSSR count). The number of aryl methyl sites for hydroxylation is 1. The fourth-order valence-electron chi connectivity index (χ4n) is 1.58. The number of rotatable bonds is 0. The molecular weight excluding hydrogens is 204 g/mol. The molecule has 0 amide bonds. The predicted octanol–water partition coefficient (Wildman–Crippen LogP) is 1.25. The first-order valence-electron chi connectivity index (χ1n) is 5.11. The third-order valence-corrected chi connectivity index (χ3v) is 2.47. The molecule has 16 heavy (non-hydrogen) atoms. The Morgan fingerprint density at radius 3 is 2.62 bits per heavy atom. The monoisotopic (exact) mass is 218 g/mol. The molecule has 84 valence electrons. The van der Waals surface area contributed by atoms with Gasteiger partial charge in [0.15, 0.2) is 5.65 Å². The van der Waals surface area contributed by atoms with E-state index in [0.717, 1.165) is 5.56 Å². The van der Waals surface area contributed by atoms with Gasteiger partial charge in [0.05, 0.1) is 11.6 Å². The van der Waals surface area contributed by atoms with Crippen molar-refractivity contribution in [2.45, 2.75) is 33.2 Å². The zero-order chi connectivity index (χ0) is 11.9. The maximum atomic E-state index is 12.3. The van der Waals surface area contributed by atoms with Crippen LogP contribution in [-0.4, -0.2) is 19.7 Å². The Morgan fingerprint density at radius 2 is 2.00 bits per heavy atom. The zero-order valence-electron chi connectivity index (χ0n) is 9.85. The standard InChI is InChI=1S/C11H14N4O/c1-7-5-13-14-9-8(7)10(16)15(6-12-9)11(2,3)4/h5-6H,1-4H3. The lowest BCUT2D eigenvalue weighted by Crippen LogP contribution is -2.34. The number of hydrogen-bond donors (Lipinski definition) is 0. The smallest absolute Gasteiger partial charge is 0.263 e. The Hall–Kier alpha value is -1.78. The van der Waals surface area contributed by atoms with E-state index in [-0.39, 0.29) is 11.1 Å². The normalized spacial score (nSPS) is 12.0. The van der Waals surface area contributed by atoms with Crippen molar-refractivity contribution in [3.05, 3.63) is 28.4 Å². The quantitative estimate of drug-likeness (QED) is 0.667. The summed E-state index contributed by atoms with van der Waals surface area (Å²) in [6.07, 6.45) is 3.11. The average Bonchev–Trinajstić information content (AvgIpc) is 2.16. The summed E-state index contributed by atoms with van der Waals surface area (Å²) < 4.78 is 1.62. The number of hydrogen-bond acceptors (Lipinski definition) is 4. The van der Waals surface area contributed by atoms with Gasteiger partial charge in [-0.05, 0) is 33.3 Å². The van der Waals surface area contributed by atoms with Crippen LogP contribution in [0.1, 0.15) is 26.3 Å². The molecule has 5 nitrogen and oxygen atoms in total. The average molecular weight is 218 g/mol. The largest absolute Gasteiger partial charge is 0.293 e. The third kappa shape index (κ3) is 1.58. The van der Waals surface area contributed by atoms with Crippen molar-refractivity contribution >= 4 is 11.0 Å². The molecule has 5 heteroatoms. The van der Waals surface area contributed by atoms with Gasteiger partial charge in [0.2, 0.25) is 0 Å². The Bertz CT molecular complexity index is 595. The fraction of sp³-hybridized carbons (Fsp3) is 0.455. The molecule has 0 saturated heterocycles. The minimum Gasteiger partial charge on any atom is -0.293 e. The van der Waals surface area contributed by atoms with E-state index in [0.29, 0.717) is 11.0 Å². The topological polar surface area (TPSA) is 60.7 Å². The van der Waals surface area contributed by atoms with Gasteiger partial charge in [-0.3, -0.25) is 9.36 Å². The van der Waals surface area contributed by atoms with Crippen LogP contribution in [0.3, 0.4) is 0 Å². The summed E-state index contributed by atoms with van der Waals surface area (Å²) in [7, 11) is 0. The molecule has 0 aliphatic rings. The maximum absolute atomic E-state index is 12.3. The van der Waals surface area contributed by atoms with E-state index in [4.69, 9.17) is 0 Å². The summed E-state index contributed by atoms with van der Waals surface area (Å²) in [6.45, 7) is 7.73. The molecule has 0 radical (unpaired) electrons. The van der Waals surface area contributed by atoms with Crippen LogP contribution in [0.2, 0.25) is 0 Å². The summed E-state index contributed by atoms with van der Waals surface area (Å²) >= 11 is 0. The molecule has 2 aromatic heterocycles. The molecule has 0 aliphatic heterocycles. The summed E-state index contributed by atoms with van der Waals surface area (Å²) in [5, 5.41) is 8.18. The van der Waals surface area contributed by atoms with Gasteiger partial charge >= 0.3 is 0 Å². The third-order valence-electron chi connectivity index (χ3n) is 2.47. The Morgan fingerprint density at radius 1 is 1.31 bits per heavy atom. The first-order valence-corrected chi connectivity index (χ1v) is 5.11. The molecule has 0 bridgehead atoms. The molecule has 0 aromatic carbocycles. The van der Waals surface area contributed by atoms with Crippen LogP contribution in [0.15, 0.2) is 17.3 Å². The minimum absolute atomic E-state index is 0.0649. The summed E-state index contributed by atoms with van der Waals surface area (Å²) in [5.41, 5.74) is 0.866. The highest BCUT2D eigenvalue weighted by Crippen LogP contribution is 2.13. The summed E-state index contributed by atoms with van der Waals surface area (Å²) in [4.78, 5) is 16.4. The Balaban J connectivity index is 2.90. The Labute approximate surface area is 93.2 Å². The molecule has 0 N–H and O–H groups in total. The van der Waals surface area contributed by atoms with Crippen molar-refractivity contribution in [1.82, 2.24) is 19.7 Å². The van der Waals surface area contributed by atoms with Crippen LogP contribution in [0.4, 0.5) is 0 Å². The van der Waals surface area contributed by atoms with Gasteiger partial charge < -0.3 is 0 Å². The summed E-state index contributed by atoms with van der Waals surface area (Å²) in [6, 6.07) is 0. The lowest BCUT2D eigenvalue weighted by molar-refractivity contribution is 0.381. The van der Waals surface area contributed by atoms with Crippen molar-refractivity contribution in [3.63, 3.8) is 0 Å². The molecule has 0 fully saturated rings. The van der Waals surface area contributed by atoms with Gasteiger partial charge in [-0.1, -0.05) is 0 Å². The first-order chi connectivity index (χ1) is 7.41. The van der Waals surface area contributed by atoms with Crippen molar-refractivity contribution in [3.8, 4) is 0 Å². The molecule has 0 unspecified atom stereocenters. The van der Waals surface area contributed by atoms with Crippen LogP contribution < -0.4 is 5.56 Å². The van der Waals surface area contributed by atoms with E-state index in [1.54, 1.807) is 10.8 Å². The van der Waals surface area contributed by atoms with Crippen LogP contribution >= 0.6 is 0 Å². The molecular formula is C11H14N4O. The van der Waals surface area contributed by atoms with Gasteiger partial charge in [-0.25, -0.2) is 4.98 Å². The van der Waals surface area contributed by atoms with Gasteiger partial charge in [0, 0.05) is 5.54 Å². The van der Waals surface area contributed by atoms with Crippen molar-refractivity contribution in [2.75, 3.05) is 0 Å². The lowest BCUT2D eigenvalue weighted by atomic mass is 10.1. The van der Waals surface area contributed by atoms with Gasteiger partial charge in [0.25, 0.3) is 5.56 Å².